The van der Waals surface area contributed by atoms with Crippen molar-refractivity contribution >= 4 is 17.8 Å². The van der Waals surface area contributed by atoms with Gasteiger partial charge in [0.1, 0.15) is 0 Å². The highest BCUT2D eigenvalue weighted by molar-refractivity contribution is 5.85. The summed E-state index contributed by atoms with van der Waals surface area (Å²) < 4.78 is 21.4. The van der Waals surface area contributed by atoms with Crippen LogP contribution in [0.4, 0.5) is 0 Å². The van der Waals surface area contributed by atoms with Gasteiger partial charge in [-0.2, -0.15) is 4.99 Å². The van der Waals surface area contributed by atoms with Crippen molar-refractivity contribution in [2.75, 3.05) is 14.2 Å². The molecule has 0 spiro atoms. The summed E-state index contributed by atoms with van der Waals surface area (Å²) in [6.45, 7) is 2.89. The first-order valence-corrected chi connectivity index (χ1v) is 7.55. The Morgan fingerprint density at radius 1 is 1.29 bits per heavy atom. The van der Waals surface area contributed by atoms with Crippen LogP contribution in [0, 0.1) is 0 Å². The molecule has 0 saturated heterocycles. The zero-order valence-electron chi connectivity index (χ0n) is 14.2. The van der Waals surface area contributed by atoms with E-state index in [4.69, 9.17) is 18.9 Å². The average molecular weight is 336 g/mol. The molecule has 24 heavy (non-hydrogen) atoms. The van der Waals surface area contributed by atoms with Crippen LogP contribution in [0.1, 0.15) is 31.9 Å². The summed E-state index contributed by atoms with van der Waals surface area (Å²) in [6.07, 6.45) is -1.18. The van der Waals surface area contributed by atoms with Crippen molar-refractivity contribution in [3.8, 4) is 0 Å². The van der Waals surface area contributed by atoms with E-state index < -0.39 is 29.9 Å². The summed E-state index contributed by atoms with van der Waals surface area (Å²) in [5.74, 6) is -0.731. The minimum absolute atomic E-state index is 0.119. The Kier molecular flexibility index (Phi) is 5.56. The van der Waals surface area contributed by atoms with Crippen LogP contribution in [0.15, 0.2) is 30.3 Å². The Morgan fingerprint density at radius 3 is 2.50 bits per heavy atom. The van der Waals surface area contributed by atoms with E-state index >= 15 is 0 Å². The molecule has 2 rings (SSSR count). The molecule has 0 aromatic heterocycles. The molecule has 0 radical (unpaired) electrons. The van der Waals surface area contributed by atoms with E-state index in [1.807, 2.05) is 30.3 Å². The second-order valence-electron chi connectivity index (χ2n) is 5.66. The fourth-order valence-electron chi connectivity index (χ4n) is 2.64. The van der Waals surface area contributed by atoms with Gasteiger partial charge >= 0.3 is 24.1 Å². The number of methoxy groups -OCH3 is 2. The summed E-state index contributed by atoms with van der Waals surface area (Å²) in [5, 5.41) is 0. The van der Waals surface area contributed by atoms with E-state index in [0.29, 0.717) is 0 Å². The zero-order chi connectivity index (χ0) is 17.7. The van der Waals surface area contributed by atoms with E-state index in [9.17, 15) is 9.59 Å². The molecular weight excluding hydrogens is 314 g/mol. The quantitative estimate of drug-likeness (QED) is 0.768. The van der Waals surface area contributed by atoms with Crippen LogP contribution in [0.3, 0.4) is 0 Å². The molecule has 0 amide bonds. The Morgan fingerprint density at radius 2 is 1.96 bits per heavy atom. The topological polar surface area (TPSA) is 85.0 Å². The van der Waals surface area contributed by atoms with Crippen LogP contribution in [-0.2, 0) is 28.5 Å². The third-order valence-corrected chi connectivity index (χ3v) is 3.71. The third kappa shape index (κ3) is 3.91. The number of hydrogen-bond donors (Lipinski definition) is 1. The minimum atomic E-state index is -1.29. The lowest BCUT2D eigenvalue weighted by Crippen LogP contribution is -2.86. The average Bonchev–Trinajstić information content (AvgIpc) is 2.54. The van der Waals surface area contributed by atoms with Crippen LogP contribution in [0.25, 0.3) is 0 Å². The molecule has 1 aliphatic rings. The lowest BCUT2D eigenvalue weighted by Gasteiger charge is -2.32. The van der Waals surface area contributed by atoms with Crippen molar-refractivity contribution in [3.05, 3.63) is 35.9 Å². The largest absolute Gasteiger partial charge is 0.466 e. The maximum absolute atomic E-state index is 12.1. The van der Waals surface area contributed by atoms with E-state index in [-0.39, 0.29) is 12.3 Å². The zero-order valence-corrected chi connectivity index (χ0v) is 14.2. The molecule has 130 valence electrons. The molecule has 1 heterocycles. The summed E-state index contributed by atoms with van der Waals surface area (Å²) in [7, 11) is 2.81. The highest BCUT2D eigenvalue weighted by atomic mass is 16.6. The first-order chi connectivity index (χ1) is 11.4. The Labute approximate surface area is 140 Å². The molecule has 7 nitrogen and oxygen atoms in total. The molecule has 3 atom stereocenters. The minimum Gasteiger partial charge on any atom is -0.466 e. The number of ether oxygens (including phenoxy) is 4. The number of esters is 2. The van der Waals surface area contributed by atoms with Gasteiger partial charge in [0.05, 0.1) is 13.5 Å². The van der Waals surface area contributed by atoms with E-state index in [0.717, 1.165) is 5.56 Å². The van der Waals surface area contributed by atoms with Gasteiger partial charge in [-0.1, -0.05) is 30.3 Å². The second kappa shape index (κ2) is 7.44. The van der Waals surface area contributed by atoms with Crippen LogP contribution in [-0.4, -0.2) is 43.9 Å². The maximum Gasteiger partial charge on any atom is 0.373 e. The molecule has 7 heteroatoms. The van der Waals surface area contributed by atoms with Crippen molar-refractivity contribution < 1.29 is 33.5 Å². The molecule has 0 aliphatic carbocycles. The van der Waals surface area contributed by atoms with Gasteiger partial charge in [0, 0.05) is 14.0 Å². The van der Waals surface area contributed by atoms with Crippen molar-refractivity contribution in [1.29, 1.82) is 0 Å². The van der Waals surface area contributed by atoms with Gasteiger partial charge in [0.15, 0.2) is 0 Å². The second-order valence-corrected chi connectivity index (χ2v) is 5.66. The fourth-order valence-corrected chi connectivity index (χ4v) is 2.64. The molecule has 1 aliphatic heterocycles. The van der Waals surface area contributed by atoms with Crippen molar-refractivity contribution in [2.45, 2.75) is 38.2 Å². The number of carbonyl (C=O) groups is 2. The summed E-state index contributed by atoms with van der Waals surface area (Å²) >= 11 is 0. The molecule has 0 fully saturated rings. The molecule has 1 aromatic rings. The van der Waals surface area contributed by atoms with Crippen molar-refractivity contribution in [1.82, 2.24) is 0 Å². The Balaban J connectivity index is 2.38. The molecule has 1 aromatic carbocycles. The molecular formula is C17H22NO6+. The van der Waals surface area contributed by atoms with Gasteiger partial charge in [-0.15, -0.1) is 0 Å². The van der Waals surface area contributed by atoms with Gasteiger partial charge < -0.3 is 18.9 Å². The first kappa shape index (κ1) is 17.9. The van der Waals surface area contributed by atoms with E-state index in [2.05, 4.69) is 4.99 Å². The predicted molar refractivity (Wildman–Crippen MR) is 83.8 cm³/mol. The number of nitrogens with one attached hydrogen (secondary N) is 1. The van der Waals surface area contributed by atoms with Crippen molar-refractivity contribution in [3.63, 3.8) is 0 Å². The van der Waals surface area contributed by atoms with E-state index in [1.165, 1.54) is 21.1 Å². The van der Waals surface area contributed by atoms with Gasteiger partial charge in [-0.25, -0.2) is 4.79 Å². The van der Waals surface area contributed by atoms with Gasteiger partial charge in [0.25, 0.3) is 0 Å². The van der Waals surface area contributed by atoms with E-state index in [1.54, 1.807) is 6.92 Å². The summed E-state index contributed by atoms with van der Waals surface area (Å²) in [4.78, 5) is 26.4. The number of carbonyl (C=O) groups excluding carboxylic acids is 2. The molecule has 0 bridgehead atoms. The molecule has 1 N–H and O–H groups in total. The molecule has 0 saturated carbocycles. The van der Waals surface area contributed by atoms with Gasteiger partial charge in [-0.3, -0.25) is 4.79 Å². The lowest BCUT2D eigenvalue weighted by atomic mass is 9.98. The standard InChI is InChI=1S/C17H21NO6/c1-11(19)23-13-10-17(2,16(20)22-4)24-15(18-13)14(21-3)12-8-6-5-7-9-12/h5-9,13-14H,10H2,1-4H3/p+1/t13?,14?,17-/m1/s1. The first-order valence-electron chi connectivity index (χ1n) is 7.55. The fraction of sp³-hybridized carbons (Fsp3) is 0.471. The highest BCUT2D eigenvalue weighted by Crippen LogP contribution is 2.26. The summed E-state index contributed by atoms with van der Waals surface area (Å²) in [6, 6.07) is 9.37. The molecule has 2 unspecified atom stereocenters. The van der Waals surface area contributed by atoms with Gasteiger partial charge in [-0.05, 0) is 12.5 Å². The van der Waals surface area contributed by atoms with Gasteiger partial charge in [0.2, 0.25) is 11.7 Å². The summed E-state index contributed by atoms with van der Waals surface area (Å²) in [5.41, 5.74) is -0.459. The van der Waals surface area contributed by atoms with Crippen LogP contribution < -0.4 is 4.99 Å². The normalized spacial score (nSPS) is 24.3. The highest BCUT2D eigenvalue weighted by Gasteiger charge is 2.50. The van der Waals surface area contributed by atoms with Crippen molar-refractivity contribution in [2.24, 2.45) is 0 Å². The monoisotopic (exact) mass is 336 g/mol. The van der Waals surface area contributed by atoms with Crippen LogP contribution in [0.2, 0.25) is 0 Å². The predicted octanol–water partition coefficient (Wildman–Crippen LogP) is 0.0944. The van der Waals surface area contributed by atoms with Crippen LogP contribution in [0.5, 0.6) is 0 Å². The van der Waals surface area contributed by atoms with Crippen LogP contribution >= 0.6 is 0 Å². The third-order valence-electron chi connectivity index (χ3n) is 3.71. The smallest absolute Gasteiger partial charge is 0.373 e. The number of benzene rings is 1. The SMILES string of the molecule is COC(=O)[C@@]1(C)CC(OC(C)=O)[NH+]=C(C(OC)c2ccccc2)O1. The Hall–Kier alpha value is -2.41. The Bertz CT molecular complexity index is 629. The number of hydrogen-bond acceptors (Lipinski definition) is 6. The lowest BCUT2D eigenvalue weighted by molar-refractivity contribution is -0.579. The maximum atomic E-state index is 12.1. The number of rotatable bonds is 5.